The van der Waals surface area contributed by atoms with Crippen molar-refractivity contribution in [1.82, 2.24) is 0 Å². The molecule has 0 radical (unpaired) electrons. The molecule has 1 nitrogen and oxygen atoms in total. The van der Waals surface area contributed by atoms with Gasteiger partial charge in [-0.3, -0.25) is 0 Å². The van der Waals surface area contributed by atoms with Crippen molar-refractivity contribution in [2.45, 2.75) is 6.54 Å². The molecule has 1 aliphatic rings. The molecule has 2 rings (SSSR count). The first-order valence-electron chi connectivity index (χ1n) is 4.81. The van der Waals surface area contributed by atoms with Crippen molar-refractivity contribution in [3.8, 4) is 0 Å². The zero-order valence-electron chi connectivity index (χ0n) is 9.48. The minimum atomic E-state index is 0. The first-order valence-corrected chi connectivity index (χ1v) is 7.12. The van der Waals surface area contributed by atoms with Crippen LogP contribution in [0.2, 0.25) is 0 Å². The fraction of sp³-hybridized carbons (Fsp3) is 0.417. The van der Waals surface area contributed by atoms with Gasteiger partial charge in [-0.1, -0.05) is 53.9 Å². The van der Waals surface area contributed by atoms with Gasteiger partial charge in [-0.2, -0.15) is 0 Å². The molecule has 15 heavy (non-hydrogen) atoms. The molecule has 0 bridgehead atoms. The van der Waals surface area contributed by atoms with Crippen LogP contribution in [0, 0.1) is 7.43 Å². The highest BCUT2D eigenvalue weighted by molar-refractivity contribution is 8.16. The Kier molecular flexibility index (Phi) is 5.03. The zero-order valence-corrected chi connectivity index (χ0v) is 11.1. The molecule has 0 spiro atoms. The molecule has 0 N–H and O–H groups in total. The molecule has 84 valence electrons. The van der Waals surface area contributed by atoms with E-state index in [1.54, 1.807) is 0 Å². The number of hydrogen-bond acceptors (Lipinski definition) is 2. The average molecular weight is 241 g/mol. The lowest BCUT2D eigenvalue weighted by Crippen LogP contribution is -2.44. The number of nitrogens with zero attached hydrogens (tertiary/aromatic N) is 1. The Bertz CT molecular complexity index is 281. The van der Waals surface area contributed by atoms with Crippen molar-refractivity contribution >= 4 is 23.5 Å². The summed E-state index contributed by atoms with van der Waals surface area (Å²) < 4.78 is 1.17. The quantitative estimate of drug-likeness (QED) is 0.575. The van der Waals surface area contributed by atoms with Gasteiger partial charge in [0.25, 0.3) is 0 Å². The van der Waals surface area contributed by atoms with E-state index in [4.69, 9.17) is 0 Å². The normalized spacial score (nSPS) is 19.3. The van der Waals surface area contributed by atoms with E-state index in [1.165, 1.54) is 33.4 Å². The maximum Gasteiger partial charge on any atom is 0.127 e. The molecule has 1 aromatic rings. The number of benzene rings is 1. The zero-order chi connectivity index (χ0) is 9.86. The van der Waals surface area contributed by atoms with E-state index in [2.05, 4.69) is 60.9 Å². The third-order valence-electron chi connectivity index (χ3n) is 2.38. The summed E-state index contributed by atoms with van der Waals surface area (Å²) in [6.07, 6.45) is 0. The topological polar surface area (TPSA) is 0 Å². The van der Waals surface area contributed by atoms with Crippen LogP contribution in [0.3, 0.4) is 0 Å². The van der Waals surface area contributed by atoms with Gasteiger partial charge in [-0.15, -0.1) is 0 Å². The first kappa shape index (κ1) is 12.9. The number of hydrogen-bond donors (Lipinski definition) is 0. The number of rotatable bonds is 2. The predicted octanol–water partition coefficient (Wildman–Crippen LogP) is 3.44. The highest BCUT2D eigenvalue weighted by Crippen LogP contribution is 2.28. The lowest BCUT2D eigenvalue weighted by atomic mass is 10.2. The maximum atomic E-state index is 2.35. The van der Waals surface area contributed by atoms with Crippen LogP contribution in [0.1, 0.15) is 5.56 Å². The van der Waals surface area contributed by atoms with E-state index in [0.29, 0.717) is 0 Å². The van der Waals surface area contributed by atoms with Crippen LogP contribution >= 0.6 is 23.5 Å². The van der Waals surface area contributed by atoms with E-state index < -0.39 is 0 Å². The SMILES string of the molecule is C[N+]1(Cc2ccccc2)CSCSC1.[CH3-]. The van der Waals surface area contributed by atoms with Crippen LogP contribution in [0.15, 0.2) is 30.3 Å². The Labute approximate surface area is 102 Å². The summed E-state index contributed by atoms with van der Waals surface area (Å²) in [5, 5.41) is 1.27. The van der Waals surface area contributed by atoms with Crippen molar-refractivity contribution < 1.29 is 4.48 Å². The van der Waals surface area contributed by atoms with Crippen LogP contribution in [-0.2, 0) is 6.54 Å². The highest BCUT2D eigenvalue weighted by Gasteiger charge is 2.25. The van der Waals surface area contributed by atoms with Crippen LogP contribution in [0.4, 0.5) is 0 Å². The summed E-state index contributed by atoms with van der Waals surface area (Å²) in [7, 11) is 2.35. The van der Waals surface area contributed by atoms with Gasteiger partial charge in [0.15, 0.2) is 0 Å². The Morgan fingerprint density at radius 2 is 1.73 bits per heavy atom. The van der Waals surface area contributed by atoms with Gasteiger partial charge in [0.1, 0.15) is 18.3 Å². The molecular formula is C12H19NS2. The summed E-state index contributed by atoms with van der Waals surface area (Å²) in [6, 6.07) is 10.8. The molecule has 0 amide bonds. The summed E-state index contributed by atoms with van der Waals surface area (Å²) in [5.41, 5.74) is 1.46. The van der Waals surface area contributed by atoms with Gasteiger partial charge in [0.2, 0.25) is 0 Å². The molecular weight excluding hydrogens is 222 g/mol. The molecule has 0 saturated carbocycles. The second kappa shape index (κ2) is 5.83. The van der Waals surface area contributed by atoms with E-state index in [9.17, 15) is 0 Å². The minimum absolute atomic E-state index is 0. The van der Waals surface area contributed by atoms with Gasteiger partial charge < -0.3 is 11.9 Å². The van der Waals surface area contributed by atoms with Gasteiger partial charge in [-0.05, 0) is 0 Å². The third-order valence-corrected chi connectivity index (χ3v) is 5.32. The van der Waals surface area contributed by atoms with Crippen LogP contribution < -0.4 is 0 Å². The van der Waals surface area contributed by atoms with E-state index in [1.807, 2.05) is 0 Å². The molecule has 0 aliphatic carbocycles. The fourth-order valence-corrected chi connectivity index (χ4v) is 4.16. The number of thioether (sulfide) groups is 2. The summed E-state index contributed by atoms with van der Waals surface area (Å²) in [4.78, 5) is 0. The lowest BCUT2D eigenvalue weighted by molar-refractivity contribution is -0.898. The smallest absolute Gasteiger partial charge is 0.127 e. The Hall–Kier alpha value is -0.120. The maximum absolute atomic E-state index is 2.35. The molecule has 0 aromatic heterocycles. The van der Waals surface area contributed by atoms with Crippen molar-refractivity contribution in [2.24, 2.45) is 0 Å². The Balaban J connectivity index is 0.00000112. The molecule has 0 unspecified atom stereocenters. The van der Waals surface area contributed by atoms with Crippen molar-refractivity contribution in [2.75, 3.05) is 23.9 Å². The van der Waals surface area contributed by atoms with Crippen molar-refractivity contribution in [3.05, 3.63) is 43.3 Å². The fourth-order valence-electron chi connectivity index (χ4n) is 1.73. The van der Waals surface area contributed by atoms with E-state index >= 15 is 0 Å². The van der Waals surface area contributed by atoms with Crippen molar-refractivity contribution in [3.63, 3.8) is 0 Å². The molecule has 1 fully saturated rings. The van der Waals surface area contributed by atoms with Gasteiger partial charge in [-0.25, -0.2) is 0 Å². The molecule has 1 aromatic carbocycles. The minimum Gasteiger partial charge on any atom is -0.358 e. The molecule has 0 atom stereocenters. The molecule has 1 aliphatic heterocycles. The Morgan fingerprint density at radius 3 is 2.33 bits per heavy atom. The van der Waals surface area contributed by atoms with Crippen LogP contribution in [0.25, 0.3) is 0 Å². The van der Waals surface area contributed by atoms with E-state index in [-0.39, 0.29) is 7.43 Å². The lowest BCUT2D eigenvalue weighted by Gasteiger charge is -2.36. The Morgan fingerprint density at radius 1 is 1.13 bits per heavy atom. The van der Waals surface area contributed by atoms with Crippen molar-refractivity contribution in [1.29, 1.82) is 0 Å². The average Bonchev–Trinajstić information content (AvgIpc) is 2.19. The summed E-state index contributed by atoms with van der Waals surface area (Å²) in [5.74, 6) is 2.50. The molecule has 3 heteroatoms. The number of quaternary nitrogens is 1. The highest BCUT2D eigenvalue weighted by atomic mass is 32.2. The monoisotopic (exact) mass is 241 g/mol. The van der Waals surface area contributed by atoms with Crippen LogP contribution in [-0.4, -0.2) is 28.4 Å². The van der Waals surface area contributed by atoms with Gasteiger partial charge in [0, 0.05) is 10.6 Å². The second-order valence-corrected chi connectivity index (χ2v) is 6.32. The predicted molar refractivity (Wildman–Crippen MR) is 72.5 cm³/mol. The van der Waals surface area contributed by atoms with Gasteiger partial charge >= 0.3 is 0 Å². The van der Waals surface area contributed by atoms with Crippen LogP contribution in [0.5, 0.6) is 0 Å². The first-order chi connectivity index (χ1) is 6.79. The molecule has 1 heterocycles. The largest absolute Gasteiger partial charge is 0.358 e. The standard InChI is InChI=1S/C11H16NS2.CH3/c1-12(8-13-10-14-9-12)7-11-5-3-2-4-6-11;/h2-6H,7-10H2,1H3;1H3/q+1;-1. The summed E-state index contributed by atoms with van der Waals surface area (Å²) in [6.45, 7) is 1.17. The molecule has 1 saturated heterocycles. The summed E-state index contributed by atoms with van der Waals surface area (Å²) >= 11 is 4.11. The van der Waals surface area contributed by atoms with Gasteiger partial charge in [0.05, 0.1) is 7.05 Å². The third kappa shape index (κ3) is 3.74. The second-order valence-electron chi connectivity index (χ2n) is 4.05. The van der Waals surface area contributed by atoms with E-state index in [0.717, 1.165) is 0 Å².